The van der Waals surface area contributed by atoms with E-state index in [0.29, 0.717) is 24.3 Å². The second-order valence-corrected chi connectivity index (χ2v) is 8.26. The fraction of sp³-hybridized carbons (Fsp3) is 0.350. The van der Waals surface area contributed by atoms with Gasteiger partial charge in [0.15, 0.2) is 0 Å². The number of nitrogens with one attached hydrogen (secondary N) is 1. The molecule has 0 saturated heterocycles. The summed E-state index contributed by atoms with van der Waals surface area (Å²) in [7, 11) is -3.50. The number of rotatable bonds is 6. The lowest BCUT2D eigenvalue weighted by Gasteiger charge is -2.18. The molecule has 2 aromatic rings. The van der Waals surface area contributed by atoms with Gasteiger partial charge < -0.3 is 5.32 Å². The van der Waals surface area contributed by atoms with Gasteiger partial charge in [0.25, 0.3) is 5.91 Å². The summed E-state index contributed by atoms with van der Waals surface area (Å²) in [6, 6.07) is 10.1. The van der Waals surface area contributed by atoms with E-state index < -0.39 is 10.0 Å². The van der Waals surface area contributed by atoms with Crippen LogP contribution in [0.15, 0.2) is 41.3 Å². The van der Waals surface area contributed by atoms with E-state index in [1.165, 1.54) is 16.4 Å². The van der Waals surface area contributed by atoms with Crippen LogP contribution in [0.2, 0.25) is 0 Å². The number of hydrogen-bond donors (Lipinski definition) is 1. The Bertz CT molecular complexity index is 899. The zero-order valence-electron chi connectivity index (χ0n) is 16.0. The number of carbonyl (C=O) groups is 1. The Morgan fingerprint density at radius 1 is 0.923 bits per heavy atom. The quantitative estimate of drug-likeness (QED) is 0.834. The molecule has 0 aliphatic rings. The topological polar surface area (TPSA) is 66.5 Å². The van der Waals surface area contributed by atoms with Crippen molar-refractivity contribution in [3.8, 4) is 0 Å². The van der Waals surface area contributed by atoms with Crippen LogP contribution < -0.4 is 5.32 Å². The highest BCUT2D eigenvalue weighted by atomic mass is 32.2. The molecular formula is C20H26N2O3S. The van der Waals surface area contributed by atoms with Gasteiger partial charge in [-0.15, -0.1) is 0 Å². The zero-order chi connectivity index (χ0) is 19.5. The van der Waals surface area contributed by atoms with Crippen molar-refractivity contribution >= 4 is 21.6 Å². The van der Waals surface area contributed by atoms with E-state index in [4.69, 9.17) is 0 Å². The van der Waals surface area contributed by atoms with E-state index in [1.54, 1.807) is 12.1 Å². The molecule has 5 nitrogen and oxygen atoms in total. The fourth-order valence-electron chi connectivity index (χ4n) is 2.83. The Morgan fingerprint density at radius 3 is 2.00 bits per heavy atom. The van der Waals surface area contributed by atoms with Crippen LogP contribution >= 0.6 is 0 Å². The Labute approximate surface area is 156 Å². The number of amides is 1. The molecule has 0 fully saturated rings. The van der Waals surface area contributed by atoms with E-state index in [1.807, 2.05) is 46.8 Å². The highest BCUT2D eigenvalue weighted by Gasteiger charge is 2.21. The van der Waals surface area contributed by atoms with Crippen molar-refractivity contribution in [2.45, 2.75) is 39.5 Å². The number of anilines is 1. The third kappa shape index (κ3) is 4.14. The lowest BCUT2D eigenvalue weighted by atomic mass is 10.0. The lowest BCUT2D eigenvalue weighted by Crippen LogP contribution is -2.30. The molecule has 0 aliphatic carbocycles. The number of aryl methyl sites for hydroxylation is 3. The van der Waals surface area contributed by atoms with E-state index in [0.717, 1.165) is 16.7 Å². The van der Waals surface area contributed by atoms with Crippen molar-refractivity contribution in [2.24, 2.45) is 0 Å². The first-order valence-electron chi connectivity index (χ1n) is 8.70. The van der Waals surface area contributed by atoms with Gasteiger partial charge in [0, 0.05) is 24.3 Å². The van der Waals surface area contributed by atoms with Gasteiger partial charge in [-0.25, -0.2) is 8.42 Å². The Balaban J connectivity index is 2.22. The summed E-state index contributed by atoms with van der Waals surface area (Å²) in [6.45, 7) is 10.3. The predicted molar refractivity (Wildman–Crippen MR) is 105 cm³/mol. The van der Waals surface area contributed by atoms with Crippen LogP contribution in [0.1, 0.15) is 40.9 Å². The molecular weight excluding hydrogens is 348 g/mol. The molecule has 1 N–H and O–H groups in total. The van der Waals surface area contributed by atoms with Gasteiger partial charge >= 0.3 is 0 Å². The van der Waals surface area contributed by atoms with Crippen molar-refractivity contribution < 1.29 is 13.2 Å². The Morgan fingerprint density at radius 2 is 1.46 bits per heavy atom. The van der Waals surface area contributed by atoms with Crippen LogP contribution in [0.25, 0.3) is 0 Å². The molecule has 0 heterocycles. The summed E-state index contributed by atoms with van der Waals surface area (Å²) in [4.78, 5) is 12.8. The molecule has 1 amide bonds. The van der Waals surface area contributed by atoms with Crippen molar-refractivity contribution in [1.82, 2.24) is 4.31 Å². The zero-order valence-corrected chi connectivity index (χ0v) is 16.8. The number of sulfonamides is 1. The smallest absolute Gasteiger partial charge is 0.255 e. The average Bonchev–Trinajstić information content (AvgIpc) is 2.59. The second kappa shape index (κ2) is 8.01. The fourth-order valence-corrected chi connectivity index (χ4v) is 4.28. The van der Waals surface area contributed by atoms with Gasteiger partial charge in [-0.1, -0.05) is 19.9 Å². The highest BCUT2D eigenvalue weighted by Crippen LogP contribution is 2.20. The monoisotopic (exact) mass is 374 g/mol. The maximum atomic E-state index is 12.5. The third-order valence-corrected chi connectivity index (χ3v) is 6.60. The van der Waals surface area contributed by atoms with Crippen LogP contribution in [0.3, 0.4) is 0 Å². The minimum Gasteiger partial charge on any atom is -0.322 e. The summed E-state index contributed by atoms with van der Waals surface area (Å²) in [5.74, 6) is -0.204. The van der Waals surface area contributed by atoms with Crippen LogP contribution in [-0.4, -0.2) is 31.7 Å². The standard InChI is InChI=1S/C20H26N2O3S/c1-6-22(7-2)26(24,25)18-10-8-17(9-11-18)21-20(23)19-13-15(4)14(3)12-16(19)5/h8-13H,6-7H2,1-5H3,(H,21,23). The summed E-state index contributed by atoms with van der Waals surface area (Å²) >= 11 is 0. The minimum atomic E-state index is -3.50. The molecule has 0 unspecified atom stereocenters. The maximum absolute atomic E-state index is 12.5. The van der Waals surface area contributed by atoms with Crippen LogP contribution in [0, 0.1) is 20.8 Å². The van der Waals surface area contributed by atoms with E-state index in [2.05, 4.69) is 5.32 Å². The molecule has 0 bridgehead atoms. The van der Waals surface area contributed by atoms with Gasteiger partial charge in [0.2, 0.25) is 10.0 Å². The average molecular weight is 375 g/mol. The molecule has 0 saturated carbocycles. The Kier molecular flexibility index (Phi) is 6.21. The van der Waals surface area contributed by atoms with E-state index >= 15 is 0 Å². The van der Waals surface area contributed by atoms with Crippen molar-refractivity contribution in [3.63, 3.8) is 0 Å². The molecule has 2 aromatic carbocycles. The number of benzene rings is 2. The molecule has 0 aromatic heterocycles. The van der Waals surface area contributed by atoms with Gasteiger partial charge in [0.05, 0.1) is 4.90 Å². The van der Waals surface area contributed by atoms with Gasteiger partial charge in [-0.2, -0.15) is 4.31 Å². The SMILES string of the molecule is CCN(CC)S(=O)(=O)c1ccc(NC(=O)c2cc(C)c(C)cc2C)cc1. The molecule has 6 heteroatoms. The number of hydrogen-bond acceptors (Lipinski definition) is 3. The highest BCUT2D eigenvalue weighted by molar-refractivity contribution is 7.89. The molecule has 2 rings (SSSR count). The first kappa shape index (κ1) is 20.1. The Hall–Kier alpha value is -2.18. The van der Waals surface area contributed by atoms with Crippen molar-refractivity contribution in [3.05, 3.63) is 58.7 Å². The van der Waals surface area contributed by atoms with Gasteiger partial charge in [0.1, 0.15) is 0 Å². The third-order valence-electron chi connectivity index (χ3n) is 4.54. The van der Waals surface area contributed by atoms with E-state index in [9.17, 15) is 13.2 Å². The van der Waals surface area contributed by atoms with Crippen LogP contribution in [0.5, 0.6) is 0 Å². The predicted octanol–water partition coefficient (Wildman–Crippen LogP) is 3.89. The molecule has 0 radical (unpaired) electrons. The maximum Gasteiger partial charge on any atom is 0.255 e. The first-order valence-corrected chi connectivity index (χ1v) is 10.1. The van der Waals surface area contributed by atoms with Crippen molar-refractivity contribution in [2.75, 3.05) is 18.4 Å². The van der Waals surface area contributed by atoms with Crippen LogP contribution in [0.4, 0.5) is 5.69 Å². The first-order chi connectivity index (χ1) is 12.2. The van der Waals surface area contributed by atoms with Crippen molar-refractivity contribution in [1.29, 1.82) is 0 Å². The largest absolute Gasteiger partial charge is 0.322 e. The second-order valence-electron chi connectivity index (χ2n) is 6.32. The molecule has 26 heavy (non-hydrogen) atoms. The summed E-state index contributed by atoms with van der Waals surface area (Å²) < 4.78 is 26.4. The summed E-state index contributed by atoms with van der Waals surface area (Å²) in [5, 5.41) is 2.83. The summed E-state index contributed by atoms with van der Waals surface area (Å²) in [5.41, 5.74) is 4.29. The minimum absolute atomic E-state index is 0.204. The van der Waals surface area contributed by atoms with E-state index in [-0.39, 0.29) is 10.8 Å². The van der Waals surface area contributed by atoms with Gasteiger partial charge in [-0.3, -0.25) is 4.79 Å². The summed E-state index contributed by atoms with van der Waals surface area (Å²) in [6.07, 6.45) is 0. The van der Waals surface area contributed by atoms with Gasteiger partial charge in [-0.05, 0) is 67.8 Å². The molecule has 0 atom stereocenters. The van der Waals surface area contributed by atoms with Crippen LogP contribution in [-0.2, 0) is 10.0 Å². The molecule has 0 spiro atoms. The number of carbonyl (C=O) groups excluding carboxylic acids is 1. The normalized spacial score (nSPS) is 11.6. The molecule has 140 valence electrons. The number of nitrogens with zero attached hydrogens (tertiary/aromatic N) is 1. The molecule has 0 aliphatic heterocycles. The lowest BCUT2D eigenvalue weighted by molar-refractivity contribution is 0.102.